The van der Waals surface area contributed by atoms with Gasteiger partial charge in [-0.3, -0.25) is 9.88 Å². The first-order valence-corrected chi connectivity index (χ1v) is 5.37. The largest absolute Gasteiger partial charge is 0.478 e. The number of aromatic nitrogens is 1. The zero-order valence-electron chi connectivity index (χ0n) is 9.02. The minimum absolute atomic E-state index is 0.240. The summed E-state index contributed by atoms with van der Waals surface area (Å²) >= 11 is 0. The van der Waals surface area contributed by atoms with Crippen molar-refractivity contribution in [1.29, 1.82) is 0 Å². The average Bonchev–Trinajstić information content (AvgIpc) is 2.31. The smallest absolute Gasteiger partial charge is 0.337 e. The number of carbonyl (C=O) groups is 1. The molecule has 0 unspecified atom stereocenters. The predicted octanol–water partition coefficient (Wildman–Crippen LogP) is 0.185. The Morgan fingerprint density at radius 2 is 2.19 bits per heavy atom. The van der Waals surface area contributed by atoms with Gasteiger partial charge in [0.1, 0.15) is 0 Å². The molecular formula is C11H15N3O2. The van der Waals surface area contributed by atoms with Crippen LogP contribution in [0.4, 0.5) is 0 Å². The molecule has 1 aromatic rings. The minimum Gasteiger partial charge on any atom is -0.478 e. The Bertz CT molecular complexity index is 358. The van der Waals surface area contributed by atoms with E-state index in [-0.39, 0.29) is 5.56 Å². The summed E-state index contributed by atoms with van der Waals surface area (Å²) < 4.78 is 0. The van der Waals surface area contributed by atoms with Crippen molar-refractivity contribution in [3.63, 3.8) is 0 Å². The highest BCUT2D eigenvalue weighted by atomic mass is 16.4. The molecule has 0 saturated carbocycles. The first-order valence-electron chi connectivity index (χ1n) is 5.37. The molecule has 0 bridgehead atoms. The number of pyridine rings is 1. The summed E-state index contributed by atoms with van der Waals surface area (Å²) in [4.78, 5) is 17.1. The van der Waals surface area contributed by atoms with Crippen LogP contribution in [0.5, 0.6) is 0 Å². The number of rotatable bonds is 3. The fourth-order valence-electron chi connectivity index (χ4n) is 1.74. The monoisotopic (exact) mass is 221 g/mol. The molecule has 0 aliphatic carbocycles. The van der Waals surface area contributed by atoms with E-state index in [1.807, 2.05) is 0 Å². The number of piperazine rings is 1. The number of hydrogen-bond donors (Lipinski definition) is 2. The van der Waals surface area contributed by atoms with Crippen molar-refractivity contribution in [2.75, 3.05) is 26.2 Å². The lowest BCUT2D eigenvalue weighted by Gasteiger charge is -2.26. The van der Waals surface area contributed by atoms with Crippen LogP contribution in [0, 0.1) is 0 Å². The van der Waals surface area contributed by atoms with Gasteiger partial charge in [0.15, 0.2) is 0 Å². The Morgan fingerprint density at radius 3 is 2.75 bits per heavy atom. The van der Waals surface area contributed by atoms with E-state index in [0.29, 0.717) is 0 Å². The number of nitrogens with zero attached hydrogens (tertiary/aromatic N) is 2. The predicted molar refractivity (Wildman–Crippen MR) is 59.3 cm³/mol. The Balaban J connectivity index is 1.96. The van der Waals surface area contributed by atoms with E-state index in [4.69, 9.17) is 5.11 Å². The summed E-state index contributed by atoms with van der Waals surface area (Å²) in [5, 5.41) is 12.0. The Morgan fingerprint density at radius 1 is 1.44 bits per heavy atom. The van der Waals surface area contributed by atoms with Crippen LogP contribution in [0.1, 0.15) is 16.1 Å². The summed E-state index contributed by atoms with van der Waals surface area (Å²) in [6.07, 6.45) is 1.42. The number of nitrogens with one attached hydrogen (secondary N) is 1. The molecule has 0 radical (unpaired) electrons. The third-order valence-corrected chi connectivity index (χ3v) is 2.67. The van der Waals surface area contributed by atoms with Crippen LogP contribution >= 0.6 is 0 Å². The van der Waals surface area contributed by atoms with Crippen molar-refractivity contribution in [2.24, 2.45) is 0 Å². The van der Waals surface area contributed by atoms with Gasteiger partial charge in [0.2, 0.25) is 0 Å². The molecule has 0 atom stereocenters. The third-order valence-electron chi connectivity index (χ3n) is 2.67. The van der Waals surface area contributed by atoms with E-state index in [2.05, 4.69) is 15.2 Å². The molecule has 2 rings (SSSR count). The molecular weight excluding hydrogens is 206 g/mol. The molecule has 1 fully saturated rings. The first kappa shape index (κ1) is 11.0. The fourth-order valence-corrected chi connectivity index (χ4v) is 1.74. The number of aromatic carboxylic acids is 1. The van der Waals surface area contributed by atoms with Crippen LogP contribution in [-0.2, 0) is 6.54 Å². The lowest BCUT2D eigenvalue weighted by atomic mass is 10.2. The standard InChI is InChI=1S/C11H15N3O2/c15-11(16)9-1-2-10(13-7-9)8-14-5-3-12-4-6-14/h1-2,7,12H,3-6,8H2,(H,15,16). The topological polar surface area (TPSA) is 65.5 Å². The van der Waals surface area contributed by atoms with Crippen LogP contribution < -0.4 is 5.32 Å². The molecule has 0 aromatic carbocycles. The van der Waals surface area contributed by atoms with E-state index in [9.17, 15) is 4.79 Å². The van der Waals surface area contributed by atoms with Crippen molar-refractivity contribution in [2.45, 2.75) is 6.54 Å². The van der Waals surface area contributed by atoms with Crippen LogP contribution in [-0.4, -0.2) is 47.1 Å². The molecule has 2 heterocycles. The summed E-state index contributed by atoms with van der Waals surface area (Å²) in [7, 11) is 0. The van der Waals surface area contributed by atoms with Crippen molar-refractivity contribution in [1.82, 2.24) is 15.2 Å². The van der Waals surface area contributed by atoms with Crippen molar-refractivity contribution in [3.05, 3.63) is 29.6 Å². The van der Waals surface area contributed by atoms with Gasteiger partial charge in [-0.15, -0.1) is 0 Å². The SMILES string of the molecule is O=C(O)c1ccc(CN2CCNCC2)nc1. The Hall–Kier alpha value is -1.46. The highest BCUT2D eigenvalue weighted by Gasteiger charge is 2.10. The lowest BCUT2D eigenvalue weighted by Crippen LogP contribution is -2.43. The van der Waals surface area contributed by atoms with Gasteiger partial charge in [-0.05, 0) is 12.1 Å². The maximum Gasteiger partial charge on any atom is 0.337 e. The van der Waals surface area contributed by atoms with Crippen LogP contribution in [0.2, 0.25) is 0 Å². The zero-order valence-corrected chi connectivity index (χ0v) is 9.02. The van der Waals surface area contributed by atoms with Gasteiger partial charge in [0.25, 0.3) is 0 Å². The van der Waals surface area contributed by atoms with Crippen LogP contribution in [0.3, 0.4) is 0 Å². The average molecular weight is 221 g/mol. The summed E-state index contributed by atoms with van der Waals surface area (Å²) in [5.41, 5.74) is 1.16. The molecule has 86 valence electrons. The van der Waals surface area contributed by atoms with Crippen molar-refractivity contribution in [3.8, 4) is 0 Å². The van der Waals surface area contributed by atoms with Gasteiger partial charge in [-0.2, -0.15) is 0 Å². The molecule has 1 aliphatic rings. The third kappa shape index (κ3) is 2.77. The van der Waals surface area contributed by atoms with Gasteiger partial charge < -0.3 is 10.4 Å². The zero-order chi connectivity index (χ0) is 11.4. The summed E-state index contributed by atoms with van der Waals surface area (Å²) in [6, 6.07) is 3.39. The number of hydrogen-bond acceptors (Lipinski definition) is 4. The van der Waals surface area contributed by atoms with Gasteiger partial charge in [-0.1, -0.05) is 0 Å². The van der Waals surface area contributed by atoms with Gasteiger partial charge in [-0.25, -0.2) is 4.79 Å². The second kappa shape index (κ2) is 5.05. The van der Waals surface area contributed by atoms with Gasteiger partial charge in [0, 0.05) is 38.9 Å². The quantitative estimate of drug-likeness (QED) is 0.762. The van der Waals surface area contributed by atoms with E-state index in [0.717, 1.165) is 38.4 Å². The highest BCUT2D eigenvalue weighted by Crippen LogP contribution is 2.04. The second-order valence-electron chi connectivity index (χ2n) is 3.87. The molecule has 0 spiro atoms. The number of carboxylic acid groups (broad SMARTS) is 1. The molecule has 1 aliphatic heterocycles. The molecule has 5 heteroatoms. The summed E-state index contributed by atoms with van der Waals surface area (Å²) in [5.74, 6) is -0.929. The van der Waals surface area contributed by atoms with E-state index in [1.165, 1.54) is 6.20 Å². The van der Waals surface area contributed by atoms with Gasteiger partial charge in [0.05, 0.1) is 11.3 Å². The lowest BCUT2D eigenvalue weighted by molar-refractivity contribution is 0.0696. The van der Waals surface area contributed by atoms with E-state index >= 15 is 0 Å². The summed E-state index contributed by atoms with van der Waals surface area (Å²) in [6.45, 7) is 4.84. The fraction of sp³-hybridized carbons (Fsp3) is 0.455. The molecule has 16 heavy (non-hydrogen) atoms. The first-order chi connectivity index (χ1) is 7.75. The molecule has 1 aromatic heterocycles. The van der Waals surface area contributed by atoms with Crippen LogP contribution in [0.25, 0.3) is 0 Å². The molecule has 2 N–H and O–H groups in total. The van der Waals surface area contributed by atoms with E-state index < -0.39 is 5.97 Å². The minimum atomic E-state index is -0.929. The molecule has 0 amide bonds. The van der Waals surface area contributed by atoms with Crippen molar-refractivity contribution < 1.29 is 9.90 Å². The van der Waals surface area contributed by atoms with Crippen LogP contribution in [0.15, 0.2) is 18.3 Å². The van der Waals surface area contributed by atoms with Crippen molar-refractivity contribution >= 4 is 5.97 Å². The van der Waals surface area contributed by atoms with Gasteiger partial charge >= 0.3 is 5.97 Å². The molecule has 5 nitrogen and oxygen atoms in total. The normalized spacial score (nSPS) is 17.2. The Labute approximate surface area is 94.1 Å². The maximum atomic E-state index is 10.6. The Kier molecular flexibility index (Phi) is 3.48. The number of carboxylic acids is 1. The second-order valence-corrected chi connectivity index (χ2v) is 3.87. The highest BCUT2D eigenvalue weighted by molar-refractivity contribution is 5.87. The molecule has 1 saturated heterocycles. The maximum absolute atomic E-state index is 10.6. The van der Waals surface area contributed by atoms with E-state index in [1.54, 1.807) is 12.1 Å².